The monoisotopic (exact) mass is 884 g/mol. The summed E-state index contributed by atoms with van der Waals surface area (Å²) in [4.78, 5) is 69.6. The highest BCUT2D eigenvalue weighted by molar-refractivity contribution is 7.10. The van der Waals surface area contributed by atoms with Crippen molar-refractivity contribution >= 4 is 46.1 Å². The molecule has 0 spiro atoms. The number of nitrogens with zero attached hydrogens (tertiary/aromatic N) is 6. The van der Waals surface area contributed by atoms with Crippen molar-refractivity contribution < 1.29 is 38.5 Å². The summed E-state index contributed by atoms with van der Waals surface area (Å²) in [6.07, 6.45) is 3.24. The molecule has 16 nitrogen and oxygen atoms in total. The number of rotatable bonds is 8. The predicted octanol–water partition coefficient (Wildman–Crippen LogP) is 5.07. The molecule has 4 saturated heterocycles. The number of aryl methyl sites for hydroxylation is 1. The van der Waals surface area contributed by atoms with E-state index >= 15 is 0 Å². The van der Waals surface area contributed by atoms with Gasteiger partial charge in [-0.05, 0) is 62.4 Å². The molecular formula is C46H60N8O8S. The molecule has 63 heavy (non-hydrogen) atoms. The van der Waals surface area contributed by atoms with Gasteiger partial charge in [0, 0.05) is 98.6 Å². The van der Waals surface area contributed by atoms with E-state index in [1.54, 1.807) is 25.3 Å². The van der Waals surface area contributed by atoms with Crippen molar-refractivity contribution in [1.29, 1.82) is 0 Å². The van der Waals surface area contributed by atoms with Crippen molar-refractivity contribution in [1.82, 2.24) is 40.1 Å². The van der Waals surface area contributed by atoms with Gasteiger partial charge in [0.1, 0.15) is 12.1 Å². The van der Waals surface area contributed by atoms with Crippen molar-refractivity contribution in [2.24, 2.45) is 11.3 Å². The fraction of sp³-hybridized carbons (Fsp3) is 0.565. The first kappa shape index (κ1) is 44.7. The van der Waals surface area contributed by atoms with Crippen molar-refractivity contribution in [2.75, 3.05) is 40.4 Å². The minimum atomic E-state index is -2.20. The number of esters is 1. The molecule has 0 aliphatic carbocycles. The van der Waals surface area contributed by atoms with Gasteiger partial charge in [-0.15, -0.1) is 11.3 Å². The normalized spacial score (nSPS) is 24.6. The van der Waals surface area contributed by atoms with E-state index in [-0.39, 0.29) is 62.7 Å². The van der Waals surface area contributed by atoms with E-state index in [0.717, 1.165) is 51.1 Å². The third kappa shape index (κ3) is 8.69. The Kier molecular flexibility index (Phi) is 12.4. The minimum Gasteiger partial charge on any atom is -0.462 e. The molecule has 2 unspecified atom stereocenters. The fourth-order valence-electron chi connectivity index (χ4n) is 9.64. The third-order valence-electron chi connectivity index (χ3n) is 12.9. The summed E-state index contributed by atoms with van der Waals surface area (Å²) in [5.41, 5.74) is 6.37. The van der Waals surface area contributed by atoms with E-state index < -0.39 is 41.0 Å². The number of morpholine rings is 1. The molecule has 6 atom stereocenters. The molecule has 9 rings (SSSR count). The van der Waals surface area contributed by atoms with Crippen LogP contribution in [-0.4, -0.2) is 129 Å². The number of hydrogen-bond donors (Lipinski definition) is 3. The van der Waals surface area contributed by atoms with Gasteiger partial charge in [-0.1, -0.05) is 33.8 Å². The molecule has 5 aliphatic heterocycles. The maximum Gasteiger partial charge on any atom is 0.355 e. The topological polar surface area (TPSA) is 181 Å². The highest BCUT2D eigenvalue weighted by Gasteiger charge is 2.46. The standard InChI is InChI=1S/C46H60N8O8S/c1-9-53-36-14-13-28-18-32(36)33(40(53)31-12-10-16-47-38(31)27(4)60-8)21-45(5,6)25-61-43(57)46(59)15-11-17-54(50-46)42(56)34(20-37-48-35(28)24-63-37)49-41(55)39(26(2)3)51(7)44(58)52-22-29-19-30(23-52)62-29/h10,12-14,16,18,24,26-27,29-30,34,39,50,59H,9,11,15,17,19-23,25H2,1-8H3,(H,49,55)/t27-,29?,30?,34-,39-,46-/m0/s1. The van der Waals surface area contributed by atoms with E-state index in [1.807, 2.05) is 46.1 Å². The van der Waals surface area contributed by atoms with Crippen LogP contribution in [0.3, 0.4) is 0 Å². The zero-order valence-electron chi connectivity index (χ0n) is 37.5. The quantitative estimate of drug-likeness (QED) is 0.201. The van der Waals surface area contributed by atoms with Gasteiger partial charge in [0.15, 0.2) is 0 Å². The van der Waals surface area contributed by atoms with Gasteiger partial charge in [-0.25, -0.2) is 14.6 Å². The van der Waals surface area contributed by atoms with E-state index in [2.05, 4.69) is 46.5 Å². The molecule has 5 aliphatic rings. The van der Waals surface area contributed by atoms with Gasteiger partial charge in [0.25, 0.3) is 5.91 Å². The van der Waals surface area contributed by atoms with Gasteiger partial charge in [0.05, 0.1) is 47.0 Å². The lowest BCUT2D eigenvalue weighted by molar-refractivity contribution is -0.189. The molecule has 3 aromatic heterocycles. The SMILES string of the molecule is CCn1c(-c2cccnc2[C@H](C)OC)c2c3cc(ccc31)-c1csc(n1)C[C@H](NC(=O)[C@H](C(C)C)N(C)C(=O)N1CC3CC(C1)O3)C(=O)N1CCC[C@@](O)(N1)C(=O)OCC(C)(C)C2. The van der Waals surface area contributed by atoms with Gasteiger partial charge >= 0.3 is 12.0 Å². The number of methoxy groups -OCH3 is 1. The maximum atomic E-state index is 14.6. The van der Waals surface area contributed by atoms with Crippen LogP contribution in [0.2, 0.25) is 0 Å². The summed E-state index contributed by atoms with van der Waals surface area (Å²) >= 11 is 1.38. The van der Waals surface area contributed by atoms with E-state index in [1.165, 1.54) is 21.2 Å². The lowest BCUT2D eigenvalue weighted by Gasteiger charge is -2.48. The number of hydrazine groups is 1. The Morgan fingerprint density at radius 1 is 1.16 bits per heavy atom. The van der Waals surface area contributed by atoms with Crippen LogP contribution in [0.25, 0.3) is 33.4 Å². The molecule has 17 heteroatoms. The van der Waals surface area contributed by atoms with Crippen LogP contribution in [0.4, 0.5) is 4.79 Å². The van der Waals surface area contributed by atoms with Crippen LogP contribution < -0.4 is 10.7 Å². The number of aliphatic hydroxyl groups is 1. The first-order valence-corrected chi connectivity index (χ1v) is 22.9. The second-order valence-electron chi connectivity index (χ2n) is 18.6. The van der Waals surface area contributed by atoms with Crippen molar-refractivity contribution in [2.45, 2.75) is 116 Å². The molecule has 4 aromatic rings. The maximum absolute atomic E-state index is 14.6. The van der Waals surface area contributed by atoms with Crippen LogP contribution in [0, 0.1) is 11.3 Å². The van der Waals surface area contributed by atoms with Crippen molar-refractivity contribution in [3.8, 4) is 22.5 Å². The third-order valence-corrected chi connectivity index (χ3v) is 13.8. The average Bonchev–Trinajstić information content (AvgIpc) is 3.85. The van der Waals surface area contributed by atoms with Crippen molar-refractivity contribution in [3.63, 3.8) is 0 Å². The van der Waals surface area contributed by atoms with E-state index in [0.29, 0.717) is 31.1 Å². The summed E-state index contributed by atoms with van der Waals surface area (Å²) in [5.74, 6) is -2.27. The number of amides is 4. The fourth-order valence-corrected chi connectivity index (χ4v) is 10.5. The number of piperidine rings is 1. The summed E-state index contributed by atoms with van der Waals surface area (Å²) in [5, 5.41) is 19.6. The first-order chi connectivity index (χ1) is 30.0. The minimum absolute atomic E-state index is 0.00351. The number of thiazole rings is 1. The largest absolute Gasteiger partial charge is 0.462 e. The molecular weight excluding hydrogens is 825 g/mol. The highest BCUT2D eigenvalue weighted by Crippen LogP contribution is 2.42. The number of benzene rings is 1. The molecule has 3 N–H and O–H groups in total. The summed E-state index contributed by atoms with van der Waals surface area (Å²) in [6, 6.07) is 7.94. The van der Waals surface area contributed by atoms with Gasteiger partial charge in [-0.2, -0.15) is 5.43 Å². The summed E-state index contributed by atoms with van der Waals surface area (Å²) in [6.45, 7) is 13.6. The number of urea groups is 1. The van der Waals surface area contributed by atoms with Crippen LogP contribution in [0.15, 0.2) is 41.9 Å². The Labute approximate surface area is 372 Å². The Balaban J connectivity index is 1.19. The Bertz CT molecular complexity index is 2380. The van der Waals surface area contributed by atoms with Gasteiger partial charge in [-0.3, -0.25) is 19.6 Å². The van der Waals surface area contributed by atoms with Gasteiger partial charge in [0.2, 0.25) is 11.6 Å². The van der Waals surface area contributed by atoms with Crippen LogP contribution in [-0.2, 0) is 48.0 Å². The number of aromatic nitrogens is 3. The predicted molar refractivity (Wildman–Crippen MR) is 237 cm³/mol. The number of carbonyl (C=O) groups is 4. The number of hydrogen-bond acceptors (Lipinski definition) is 12. The lowest BCUT2D eigenvalue weighted by Crippen LogP contribution is -2.67. The zero-order chi connectivity index (χ0) is 45.0. The smallest absolute Gasteiger partial charge is 0.355 e. The number of fused-ring (bicyclic) bond motifs is 8. The lowest BCUT2D eigenvalue weighted by atomic mass is 9.84. The van der Waals surface area contributed by atoms with Gasteiger partial charge < -0.3 is 39.0 Å². The molecule has 8 bridgehead atoms. The Morgan fingerprint density at radius 2 is 1.90 bits per heavy atom. The highest BCUT2D eigenvalue weighted by atomic mass is 32.1. The van der Waals surface area contributed by atoms with Crippen LogP contribution >= 0.6 is 11.3 Å². The molecule has 1 aromatic carbocycles. The first-order valence-electron chi connectivity index (χ1n) is 22.0. The summed E-state index contributed by atoms with van der Waals surface area (Å²) < 4.78 is 19.8. The second-order valence-corrected chi connectivity index (χ2v) is 19.5. The van der Waals surface area contributed by atoms with Crippen molar-refractivity contribution in [3.05, 3.63) is 58.2 Å². The Morgan fingerprint density at radius 3 is 2.60 bits per heavy atom. The number of likely N-dealkylation sites (N-methyl/N-ethyl adjacent to an activating group) is 1. The van der Waals surface area contributed by atoms with E-state index in [4.69, 9.17) is 24.2 Å². The Hall–Kier alpha value is -4.94. The molecule has 338 valence electrons. The van der Waals surface area contributed by atoms with E-state index in [9.17, 15) is 24.3 Å². The number of carbonyl (C=O) groups excluding carboxylic acids is 4. The molecule has 8 heterocycles. The number of pyridine rings is 1. The zero-order valence-corrected chi connectivity index (χ0v) is 38.3. The molecule has 4 fully saturated rings. The number of cyclic esters (lactones) is 1. The van der Waals surface area contributed by atoms with Crippen LogP contribution in [0.5, 0.6) is 0 Å². The molecule has 4 amide bonds. The number of ether oxygens (including phenoxy) is 3. The van der Waals surface area contributed by atoms with Crippen LogP contribution in [0.1, 0.15) is 83.2 Å². The molecule has 0 saturated carbocycles. The molecule has 0 radical (unpaired) electrons. The summed E-state index contributed by atoms with van der Waals surface area (Å²) in [7, 11) is 3.28. The number of nitrogens with one attached hydrogen (secondary N) is 2. The second kappa shape index (κ2) is 17.6. The average molecular weight is 885 g/mol.